The predicted octanol–water partition coefficient (Wildman–Crippen LogP) is 2.45. The van der Waals surface area contributed by atoms with Gasteiger partial charge in [-0.15, -0.1) is 11.3 Å². The second kappa shape index (κ2) is 7.98. The van der Waals surface area contributed by atoms with Crippen LogP contribution >= 0.6 is 11.3 Å². The number of nitrogens with two attached hydrogens (primary N) is 1. The molecular weight excluding hydrogens is 376 g/mol. The highest BCUT2D eigenvalue weighted by molar-refractivity contribution is 7.89. The van der Waals surface area contributed by atoms with Crippen molar-refractivity contribution in [1.82, 2.24) is 0 Å². The largest absolute Gasteiger partial charge is 0.448 e. The molecule has 0 aliphatic carbocycles. The number of hydrogen-bond donors (Lipinski definition) is 2. The van der Waals surface area contributed by atoms with Crippen molar-refractivity contribution in [2.75, 3.05) is 5.32 Å². The molecule has 0 fully saturated rings. The molecule has 1 aromatic heterocycles. The van der Waals surface area contributed by atoms with Gasteiger partial charge in [0.1, 0.15) is 4.88 Å². The van der Waals surface area contributed by atoms with Crippen molar-refractivity contribution in [3.63, 3.8) is 0 Å². The summed E-state index contributed by atoms with van der Waals surface area (Å²) >= 11 is 1.34. The van der Waals surface area contributed by atoms with Crippen LogP contribution in [0.15, 0.2) is 35.2 Å². The number of esters is 1. The molecule has 0 saturated heterocycles. The molecule has 9 heteroatoms. The number of amides is 1. The van der Waals surface area contributed by atoms with E-state index in [9.17, 15) is 18.0 Å². The summed E-state index contributed by atoms with van der Waals surface area (Å²) in [5.41, 5.74) is 1.26. The quantitative estimate of drug-likeness (QED) is 0.728. The highest BCUT2D eigenvalue weighted by atomic mass is 32.2. The monoisotopic (exact) mass is 396 g/mol. The summed E-state index contributed by atoms with van der Waals surface area (Å²) in [4.78, 5) is 25.8. The topological polar surface area (TPSA) is 116 Å². The number of rotatable bonds is 6. The molecule has 0 spiro atoms. The van der Waals surface area contributed by atoms with Crippen LogP contribution in [0, 0.1) is 6.92 Å². The van der Waals surface area contributed by atoms with Crippen molar-refractivity contribution in [2.45, 2.75) is 38.2 Å². The fourth-order valence-electron chi connectivity index (χ4n) is 2.24. The first-order valence-corrected chi connectivity index (χ1v) is 10.2. The van der Waals surface area contributed by atoms with Gasteiger partial charge in [0, 0.05) is 10.6 Å². The summed E-state index contributed by atoms with van der Waals surface area (Å²) in [6, 6.07) is 7.26. The van der Waals surface area contributed by atoms with Gasteiger partial charge in [-0.1, -0.05) is 13.0 Å². The van der Waals surface area contributed by atoms with Crippen LogP contribution in [-0.4, -0.2) is 26.4 Å². The Labute approximate surface area is 156 Å². The Hall–Kier alpha value is -2.23. The average molecular weight is 396 g/mol. The number of benzene rings is 1. The third-order valence-corrected chi connectivity index (χ3v) is 5.90. The van der Waals surface area contributed by atoms with E-state index in [0.29, 0.717) is 4.88 Å². The van der Waals surface area contributed by atoms with Crippen LogP contribution in [0.1, 0.15) is 34.0 Å². The molecule has 26 heavy (non-hydrogen) atoms. The molecule has 1 atom stereocenters. The molecule has 7 nitrogen and oxygen atoms in total. The fourth-order valence-corrected chi connectivity index (χ4v) is 3.79. The summed E-state index contributed by atoms with van der Waals surface area (Å²) in [5.74, 6) is -1.15. The van der Waals surface area contributed by atoms with Crippen LogP contribution in [0.3, 0.4) is 0 Å². The van der Waals surface area contributed by atoms with Crippen molar-refractivity contribution in [1.29, 1.82) is 0 Å². The highest BCUT2D eigenvalue weighted by Gasteiger charge is 2.21. The van der Waals surface area contributed by atoms with E-state index in [-0.39, 0.29) is 10.6 Å². The number of carbonyl (C=O) groups excluding carboxylic acids is 2. The zero-order valence-electron chi connectivity index (χ0n) is 14.6. The second-order valence-corrected chi connectivity index (χ2v) is 8.38. The number of sulfonamides is 1. The lowest BCUT2D eigenvalue weighted by molar-refractivity contribution is -0.123. The van der Waals surface area contributed by atoms with Crippen molar-refractivity contribution < 1.29 is 22.7 Å². The number of thiophene rings is 1. The van der Waals surface area contributed by atoms with Crippen molar-refractivity contribution in [3.05, 3.63) is 45.6 Å². The maximum atomic E-state index is 12.2. The number of nitrogens with one attached hydrogen (secondary N) is 1. The molecule has 0 radical (unpaired) electrons. The second-order valence-electron chi connectivity index (χ2n) is 5.68. The maximum absolute atomic E-state index is 12.2. The van der Waals surface area contributed by atoms with Gasteiger partial charge in [0.2, 0.25) is 10.0 Å². The summed E-state index contributed by atoms with van der Waals surface area (Å²) in [7, 11) is -3.88. The molecule has 0 bridgehead atoms. The lowest BCUT2D eigenvalue weighted by atomic mass is 10.2. The van der Waals surface area contributed by atoms with Gasteiger partial charge in [0.25, 0.3) is 5.91 Å². The Balaban J connectivity index is 2.04. The Bertz CT molecular complexity index is 934. The summed E-state index contributed by atoms with van der Waals surface area (Å²) < 4.78 is 27.9. The summed E-state index contributed by atoms with van der Waals surface area (Å²) in [6.45, 7) is 5.36. The molecule has 1 heterocycles. The number of carbonyl (C=O) groups is 2. The summed E-state index contributed by atoms with van der Waals surface area (Å²) in [5, 5.41) is 7.57. The predicted molar refractivity (Wildman–Crippen MR) is 99.8 cm³/mol. The molecule has 2 rings (SSSR count). The molecular formula is C17H20N2O5S2. The van der Waals surface area contributed by atoms with E-state index in [1.54, 1.807) is 6.07 Å². The van der Waals surface area contributed by atoms with Gasteiger partial charge in [-0.05, 0) is 50.1 Å². The van der Waals surface area contributed by atoms with Crippen molar-refractivity contribution in [3.8, 4) is 0 Å². The number of aryl methyl sites for hydroxylation is 2. The lowest BCUT2D eigenvalue weighted by Crippen LogP contribution is -2.29. The van der Waals surface area contributed by atoms with Gasteiger partial charge in [-0.25, -0.2) is 18.4 Å². The third-order valence-electron chi connectivity index (χ3n) is 3.63. The van der Waals surface area contributed by atoms with E-state index in [4.69, 9.17) is 9.88 Å². The zero-order chi connectivity index (χ0) is 19.5. The van der Waals surface area contributed by atoms with E-state index >= 15 is 0 Å². The van der Waals surface area contributed by atoms with Crippen LogP contribution in [0.25, 0.3) is 0 Å². The Morgan fingerprint density at radius 3 is 2.58 bits per heavy atom. The van der Waals surface area contributed by atoms with Crippen LogP contribution in [-0.2, 0) is 26.0 Å². The lowest BCUT2D eigenvalue weighted by Gasteiger charge is -2.13. The minimum absolute atomic E-state index is 0.124. The molecule has 0 saturated carbocycles. The number of hydrogen-bond acceptors (Lipinski definition) is 6. The SMILES string of the molecule is CCc1sc(C(=O)O[C@H](C)C(=O)Nc2cccc(S(N)(=O)=O)c2)cc1C. The first-order chi connectivity index (χ1) is 12.1. The number of ether oxygens (including phenoxy) is 1. The van der Waals surface area contributed by atoms with Crippen LogP contribution in [0.4, 0.5) is 5.69 Å². The van der Waals surface area contributed by atoms with E-state index in [1.165, 1.54) is 42.5 Å². The van der Waals surface area contributed by atoms with Gasteiger partial charge in [-0.2, -0.15) is 0 Å². The van der Waals surface area contributed by atoms with Crippen molar-refractivity contribution in [2.24, 2.45) is 5.14 Å². The van der Waals surface area contributed by atoms with E-state index in [2.05, 4.69) is 5.32 Å². The smallest absolute Gasteiger partial charge is 0.349 e. The maximum Gasteiger partial charge on any atom is 0.349 e. The average Bonchev–Trinajstić information content (AvgIpc) is 2.95. The molecule has 0 unspecified atom stereocenters. The fraction of sp³-hybridized carbons (Fsp3) is 0.294. The Morgan fingerprint density at radius 1 is 1.31 bits per heavy atom. The molecule has 0 aliphatic rings. The number of primary sulfonamides is 1. The van der Waals surface area contributed by atoms with Gasteiger partial charge in [-0.3, -0.25) is 4.79 Å². The van der Waals surface area contributed by atoms with Crippen LogP contribution < -0.4 is 10.5 Å². The molecule has 1 aromatic carbocycles. The molecule has 0 aliphatic heterocycles. The van der Waals surface area contributed by atoms with Gasteiger partial charge >= 0.3 is 5.97 Å². The van der Waals surface area contributed by atoms with Crippen LogP contribution in [0.2, 0.25) is 0 Å². The standard InChI is InChI=1S/C17H20N2O5S2/c1-4-14-10(2)8-15(25-14)17(21)24-11(3)16(20)19-12-6-5-7-13(9-12)26(18,22)23/h5-9,11H,4H2,1-3H3,(H,19,20)(H2,18,22,23)/t11-/m1/s1. The minimum atomic E-state index is -3.88. The molecule has 3 N–H and O–H groups in total. The molecule has 1 amide bonds. The third kappa shape index (κ3) is 4.90. The normalized spacial score (nSPS) is 12.5. The van der Waals surface area contributed by atoms with E-state index in [1.807, 2.05) is 13.8 Å². The molecule has 2 aromatic rings. The minimum Gasteiger partial charge on any atom is -0.448 e. The van der Waals surface area contributed by atoms with Crippen LogP contribution in [0.5, 0.6) is 0 Å². The van der Waals surface area contributed by atoms with Gasteiger partial charge < -0.3 is 10.1 Å². The first kappa shape index (κ1) is 20.1. The Morgan fingerprint density at radius 2 is 2.00 bits per heavy atom. The summed E-state index contributed by atoms with van der Waals surface area (Å²) in [6.07, 6.45) is -0.228. The zero-order valence-corrected chi connectivity index (χ0v) is 16.2. The first-order valence-electron chi connectivity index (χ1n) is 7.85. The molecule has 140 valence electrons. The number of anilines is 1. The van der Waals surface area contributed by atoms with Gasteiger partial charge in [0.05, 0.1) is 4.90 Å². The van der Waals surface area contributed by atoms with Crippen molar-refractivity contribution >= 4 is 38.9 Å². The van der Waals surface area contributed by atoms with E-state index < -0.39 is 28.0 Å². The van der Waals surface area contributed by atoms with E-state index in [0.717, 1.165) is 16.9 Å². The van der Waals surface area contributed by atoms with Gasteiger partial charge in [0.15, 0.2) is 6.10 Å². The highest BCUT2D eigenvalue weighted by Crippen LogP contribution is 2.23. The Kier molecular flexibility index (Phi) is 6.17.